The predicted octanol–water partition coefficient (Wildman–Crippen LogP) is 4.19. The summed E-state index contributed by atoms with van der Waals surface area (Å²) in [6.07, 6.45) is 5.42. The number of aromatic nitrogens is 3. The average molecular weight is 287 g/mol. The molecule has 0 aliphatic heterocycles. The minimum Gasteiger partial charge on any atom is -0.436 e. The van der Waals surface area contributed by atoms with Crippen LogP contribution in [-0.2, 0) is 0 Å². The predicted molar refractivity (Wildman–Crippen MR) is 84.5 cm³/mol. The van der Waals surface area contributed by atoms with Crippen molar-refractivity contribution < 1.29 is 4.42 Å². The Morgan fingerprint density at radius 2 is 1.64 bits per heavy atom. The van der Waals surface area contributed by atoms with Gasteiger partial charge < -0.3 is 4.42 Å². The summed E-state index contributed by atoms with van der Waals surface area (Å²) in [6.45, 7) is 0. The molecule has 22 heavy (non-hydrogen) atoms. The Morgan fingerprint density at radius 1 is 0.818 bits per heavy atom. The number of benzene rings is 2. The molecule has 4 heteroatoms. The summed E-state index contributed by atoms with van der Waals surface area (Å²) in [6, 6.07) is 19.8. The highest BCUT2D eigenvalue weighted by molar-refractivity contribution is 5.61. The van der Waals surface area contributed by atoms with Crippen LogP contribution in [0.4, 0.5) is 0 Å². The standard InChI is InChI=1S/C18H13N3O/c1-2-5-14(6-3-1)17-13-19-18(22-17)15-7-9-16(10-8-15)21-12-4-11-20-21/h1-13H. The van der Waals surface area contributed by atoms with Gasteiger partial charge in [0.25, 0.3) is 0 Å². The molecule has 4 aromatic rings. The van der Waals surface area contributed by atoms with E-state index in [0.29, 0.717) is 5.89 Å². The van der Waals surface area contributed by atoms with Crippen LogP contribution in [0.25, 0.3) is 28.5 Å². The van der Waals surface area contributed by atoms with Crippen LogP contribution in [-0.4, -0.2) is 14.8 Å². The Hall–Kier alpha value is -3.14. The molecule has 0 saturated carbocycles. The normalized spacial score (nSPS) is 10.7. The van der Waals surface area contributed by atoms with Gasteiger partial charge in [0.1, 0.15) is 0 Å². The highest BCUT2D eigenvalue weighted by atomic mass is 16.4. The van der Waals surface area contributed by atoms with Gasteiger partial charge >= 0.3 is 0 Å². The van der Waals surface area contributed by atoms with Crippen LogP contribution in [0.3, 0.4) is 0 Å². The van der Waals surface area contributed by atoms with Crippen LogP contribution < -0.4 is 0 Å². The summed E-state index contributed by atoms with van der Waals surface area (Å²) in [5.41, 5.74) is 2.97. The second kappa shape index (κ2) is 5.33. The van der Waals surface area contributed by atoms with Gasteiger partial charge in [-0.25, -0.2) is 9.67 Å². The zero-order chi connectivity index (χ0) is 14.8. The summed E-state index contributed by atoms with van der Waals surface area (Å²) in [5.74, 6) is 1.39. The van der Waals surface area contributed by atoms with Gasteiger partial charge in [-0.3, -0.25) is 0 Å². The van der Waals surface area contributed by atoms with Crippen LogP contribution >= 0.6 is 0 Å². The van der Waals surface area contributed by atoms with Crippen molar-refractivity contribution in [1.82, 2.24) is 14.8 Å². The molecule has 4 nitrogen and oxygen atoms in total. The molecule has 0 saturated heterocycles. The lowest BCUT2D eigenvalue weighted by molar-refractivity contribution is 0.589. The van der Waals surface area contributed by atoms with E-state index in [9.17, 15) is 0 Å². The first-order valence-corrected chi connectivity index (χ1v) is 7.02. The maximum Gasteiger partial charge on any atom is 0.226 e. The molecule has 2 heterocycles. The van der Waals surface area contributed by atoms with E-state index in [-0.39, 0.29) is 0 Å². The van der Waals surface area contributed by atoms with Gasteiger partial charge in [-0.2, -0.15) is 5.10 Å². The van der Waals surface area contributed by atoms with Gasteiger partial charge in [-0.1, -0.05) is 30.3 Å². The third-order valence-electron chi connectivity index (χ3n) is 3.45. The Bertz CT molecular complexity index is 862. The van der Waals surface area contributed by atoms with Crippen LogP contribution in [0.15, 0.2) is 83.7 Å². The monoisotopic (exact) mass is 287 g/mol. The van der Waals surface area contributed by atoms with Crippen molar-refractivity contribution in [2.24, 2.45) is 0 Å². The first kappa shape index (κ1) is 12.6. The van der Waals surface area contributed by atoms with E-state index in [0.717, 1.165) is 22.6 Å². The highest BCUT2D eigenvalue weighted by Gasteiger charge is 2.08. The van der Waals surface area contributed by atoms with Crippen molar-refractivity contribution >= 4 is 0 Å². The third-order valence-corrected chi connectivity index (χ3v) is 3.45. The van der Waals surface area contributed by atoms with Crippen molar-refractivity contribution in [3.05, 3.63) is 79.3 Å². The molecule has 4 rings (SSSR count). The van der Waals surface area contributed by atoms with E-state index in [1.54, 1.807) is 12.4 Å². The Kier molecular flexibility index (Phi) is 3.05. The summed E-state index contributed by atoms with van der Waals surface area (Å²) < 4.78 is 7.67. The van der Waals surface area contributed by atoms with Gasteiger partial charge in [0.15, 0.2) is 5.76 Å². The van der Waals surface area contributed by atoms with Crippen LogP contribution in [0.5, 0.6) is 0 Å². The molecular weight excluding hydrogens is 274 g/mol. The zero-order valence-corrected chi connectivity index (χ0v) is 11.8. The first-order valence-electron chi connectivity index (χ1n) is 7.02. The molecule has 0 aliphatic carbocycles. The Morgan fingerprint density at radius 3 is 2.36 bits per heavy atom. The molecule has 0 bridgehead atoms. The minimum absolute atomic E-state index is 0.617. The summed E-state index contributed by atoms with van der Waals surface area (Å²) >= 11 is 0. The highest BCUT2D eigenvalue weighted by Crippen LogP contribution is 2.26. The molecule has 0 atom stereocenters. The van der Waals surface area contributed by atoms with E-state index in [1.807, 2.05) is 71.5 Å². The Labute approximate surface area is 127 Å². The van der Waals surface area contributed by atoms with E-state index in [2.05, 4.69) is 10.1 Å². The van der Waals surface area contributed by atoms with Crippen LogP contribution in [0.2, 0.25) is 0 Å². The van der Waals surface area contributed by atoms with E-state index in [1.165, 1.54) is 0 Å². The molecular formula is C18H13N3O. The van der Waals surface area contributed by atoms with Gasteiger partial charge in [0, 0.05) is 23.5 Å². The smallest absolute Gasteiger partial charge is 0.226 e. The maximum atomic E-state index is 5.85. The molecule has 0 fully saturated rings. The largest absolute Gasteiger partial charge is 0.436 e. The fourth-order valence-corrected chi connectivity index (χ4v) is 2.32. The molecule has 0 radical (unpaired) electrons. The number of hydrogen-bond donors (Lipinski definition) is 0. The minimum atomic E-state index is 0.617. The first-order chi connectivity index (χ1) is 10.9. The lowest BCUT2D eigenvalue weighted by atomic mass is 10.2. The fraction of sp³-hybridized carbons (Fsp3) is 0. The van der Waals surface area contributed by atoms with Crippen molar-refractivity contribution in [1.29, 1.82) is 0 Å². The number of hydrogen-bond acceptors (Lipinski definition) is 3. The van der Waals surface area contributed by atoms with Crippen molar-refractivity contribution in [3.63, 3.8) is 0 Å². The van der Waals surface area contributed by atoms with Crippen LogP contribution in [0.1, 0.15) is 0 Å². The molecule has 2 aromatic carbocycles. The topological polar surface area (TPSA) is 43.9 Å². The SMILES string of the molecule is c1ccc(-c2cnc(-c3ccc(-n4cccn4)cc3)o2)cc1. The lowest BCUT2D eigenvalue weighted by Crippen LogP contribution is -1.93. The van der Waals surface area contributed by atoms with E-state index in [4.69, 9.17) is 4.42 Å². The van der Waals surface area contributed by atoms with Gasteiger partial charge in [0.05, 0.1) is 11.9 Å². The summed E-state index contributed by atoms with van der Waals surface area (Å²) in [5, 5.41) is 4.21. The quantitative estimate of drug-likeness (QED) is 0.567. The van der Waals surface area contributed by atoms with Crippen molar-refractivity contribution in [2.45, 2.75) is 0 Å². The molecule has 0 aliphatic rings. The Balaban J connectivity index is 1.64. The van der Waals surface area contributed by atoms with Gasteiger partial charge in [-0.15, -0.1) is 0 Å². The number of oxazole rings is 1. The van der Waals surface area contributed by atoms with Gasteiger partial charge in [0.2, 0.25) is 5.89 Å². The van der Waals surface area contributed by atoms with Crippen LogP contribution in [0, 0.1) is 0 Å². The lowest BCUT2D eigenvalue weighted by Gasteiger charge is -2.02. The van der Waals surface area contributed by atoms with Crippen molar-refractivity contribution in [3.8, 4) is 28.5 Å². The molecule has 2 aromatic heterocycles. The maximum absolute atomic E-state index is 5.85. The van der Waals surface area contributed by atoms with E-state index < -0.39 is 0 Å². The fourth-order valence-electron chi connectivity index (χ4n) is 2.32. The van der Waals surface area contributed by atoms with E-state index >= 15 is 0 Å². The molecule has 0 spiro atoms. The number of nitrogens with zero attached hydrogens (tertiary/aromatic N) is 3. The molecule has 0 unspecified atom stereocenters. The second-order valence-corrected chi connectivity index (χ2v) is 4.89. The average Bonchev–Trinajstić information content (AvgIpc) is 3.28. The number of rotatable bonds is 3. The molecule has 0 N–H and O–H groups in total. The third kappa shape index (κ3) is 2.31. The zero-order valence-electron chi connectivity index (χ0n) is 11.8. The second-order valence-electron chi connectivity index (χ2n) is 4.89. The van der Waals surface area contributed by atoms with Crippen molar-refractivity contribution in [2.75, 3.05) is 0 Å². The molecule has 0 amide bonds. The summed E-state index contributed by atoms with van der Waals surface area (Å²) in [7, 11) is 0. The van der Waals surface area contributed by atoms with Gasteiger partial charge in [-0.05, 0) is 30.3 Å². The summed E-state index contributed by atoms with van der Waals surface area (Å²) in [4.78, 5) is 4.37. The molecule has 106 valence electrons.